The maximum absolute atomic E-state index is 11.8. The Kier molecular flexibility index (Phi) is 13.8. The number of likely N-dealkylation sites (N-methyl/N-ethyl adjacent to an activating group) is 1. The lowest BCUT2D eigenvalue weighted by Gasteiger charge is -2.21. The number of nitrogens with zero attached hydrogens (tertiary/aromatic N) is 2. The molecule has 1 N–H and O–H groups in total. The summed E-state index contributed by atoms with van der Waals surface area (Å²) in [6.45, 7) is 5.14. The van der Waals surface area contributed by atoms with Crippen LogP contribution in [0.1, 0.15) is 24.8 Å². The molecule has 0 unspecified atom stereocenters. The molecule has 0 aliphatic rings. The minimum absolute atomic E-state index is 0.0847. The van der Waals surface area contributed by atoms with Gasteiger partial charge in [0.2, 0.25) is 5.91 Å². The molecule has 0 fully saturated rings. The van der Waals surface area contributed by atoms with Crippen molar-refractivity contribution in [3.63, 3.8) is 0 Å². The van der Waals surface area contributed by atoms with Gasteiger partial charge in [0.15, 0.2) is 0 Å². The molecular weight excluding hydrogens is 362 g/mol. The van der Waals surface area contributed by atoms with Crippen LogP contribution < -0.4 is 5.32 Å². The van der Waals surface area contributed by atoms with Crippen molar-refractivity contribution >= 4 is 31.2 Å². The molecule has 0 radical (unpaired) electrons. The molecule has 1 aromatic carbocycles. The van der Waals surface area contributed by atoms with Crippen LogP contribution in [0.5, 0.6) is 0 Å². The highest BCUT2D eigenvalue weighted by Crippen LogP contribution is 2.04. The summed E-state index contributed by atoms with van der Waals surface area (Å²) in [4.78, 5) is 16.4. The number of carbonyl (C=O) groups is 1. The van der Waals surface area contributed by atoms with Crippen molar-refractivity contribution < 1.29 is 4.79 Å². The van der Waals surface area contributed by atoms with Gasteiger partial charge in [-0.2, -0.15) is 25.3 Å². The molecule has 148 valence electrons. The average molecular weight is 398 g/mol. The second-order valence-electron chi connectivity index (χ2n) is 6.67. The Morgan fingerprint density at radius 1 is 0.962 bits per heavy atom. The van der Waals surface area contributed by atoms with Crippen LogP contribution in [0, 0.1) is 0 Å². The van der Waals surface area contributed by atoms with Crippen molar-refractivity contribution in [1.82, 2.24) is 15.1 Å². The van der Waals surface area contributed by atoms with Gasteiger partial charge in [-0.3, -0.25) is 9.69 Å². The van der Waals surface area contributed by atoms with Gasteiger partial charge < -0.3 is 10.2 Å². The zero-order valence-electron chi connectivity index (χ0n) is 16.1. The van der Waals surface area contributed by atoms with Crippen molar-refractivity contribution in [3.05, 3.63) is 35.9 Å². The number of amides is 1. The van der Waals surface area contributed by atoms with Gasteiger partial charge in [-0.1, -0.05) is 36.8 Å². The standard InChI is InChI=1S/C20H35N3OS2/c1-22(14-10-19-8-4-2-5-9-19)12-6-3-7-13-23(15-17-26)18-20(24)21-11-16-25/h2,4-5,8-9,25-26H,3,6-7,10-18H2,1H3,(H,21,24). The Morgan fingerprint density at radius 2 is 1.69 bits per heavy atom. The van der Waals surface area contributed by atoms with Crippen molar-refractivity contribution in [2.24, 2.45) is 0 Å². The largest absolute Gasteiger partial charge is 0.354 e. The molecule has 0 saturated carbocycles. The van der Waals surface area contributed by atoms with Crippen molar-refractivity contribution in [2.45, 2.75) is 25.7 Å². The van der Waals surface area contributed by atoms with E-state index in [4.69, 9.17) is 0 Å². The van der Waals surface area contributed by atoms with E-state index in [1.807, 2.05) is 0 Å². The molecule has 26 heavy (non-hydrogen) atoms. The predicted molar refractivity (Wildman–Crippen MR) is 119 cm³/mol. The fourth-order valence-electron chi connectivity index (χ4n) is 2.84. The number of nitrogens with one attached hydrogen (secondary N) is 1. The first-order valence-corrected chi connectivity index (χ1v) is 10.9. The number of unbranched alkanes of at least 4 members (excludes halogenated alkanes) is 2. The predicted octanol–water partition coefficient (Wildman–Crippen LogP) is 2.61. The van der Waals surface area contributed by atoms with E-state index in [9.17, 15) is 4.79 Å². The summed E-state index contributed by atoms with van der Waals surface area (Å²) in [6.07, 6.45) is 4.62. The van der Waals surface area contributed by atoms with Crippen LogP contribution in [-0.2, 0) is 11.2 Å². The molecule has 0 heterocycles. The fraction of sp³-hybridized carbons (Fsp3) is 0.650. The summed E-state index contributed by atoms with van der Waals surface area (Å²) in [5, 5.41) is 2.88. The third-order valence-corrected chi connectivity index (χ3v) is 4.78. The third-order valence-electron chi connectivity index (χ3n) is 4.36. The van der Waals surface area contributed by atoms with Crippen LogP contribution in [0.4, 0.5) is 0 Å². The van der Waals surface area contributed by atoms with Crippen LogP contribution in [-0.4, -0.2) is 73.5 Å². The van der Waals surface area contributed by atoms with Crippen LogP contribution in [0.3, 0.4) is 0 Å². The van der Waals surface area contributed by atoms with E-state index in [0.717, 1.165) is 44.8 Å². The number of hydrogen-bond donors (Lipinski definition) is 3. The maximum Gasteiger partial charge on any atom is 0.234 e. The summed E-state index contributed by atoms with van der Waals surface area (Å²) in [5.41, 5.74) is 1.40. The normalized spacial score (nSPS) is 11.3. The molecule has 6 heteroatoms. The van der Waals surface area contributed by atoms with Gasteiger partial charge in [-0.05, 0) is 45.0 Å². The van der Waals surface area contributed by atoms with E-state index in [0.29, 0.717) is 18.8 Å². The molecule has 0 aliphatic heterocycles. The lowest BCUT2D eigenvalue weighted by atomic mass is 10.1. The van der Waals surface area contributed by atoms with E-state index >= 15 is 0 Å². The molecule has 0 spiro atoms. The van der Waals surface area contributed by atoms with Gasteiger partial charge in [-0.15, -0.1) is 0 Å². The lowest BCUT2D eigenvalue weighted by molar-refractivity contribution is -0.122. The number of thiol groups is 2. The summed E-state index contributed by atoms with van der Waals surface area (Å²) in [5.74, 6) is 1.54. The molecule has 0 aliphatic carbocycles. The first-order valence-electron chi connectivity index (χ1n) is 9.59. The Morgan fingerprint density at radius 3 is 2.38 bits per heavy atom. The molecule has 0 aromatic heterocycles. The monoisotopic (exact) mass is 397 g/mol. The van der Waals surface area contributed by atoms with Crippen molar-refractivity contribution in [1.29, 1.82) is 0 Å². The molecule has 1 rings (SSSR count). The van der Waals surface area contributed by atoms with E-state index < -0.39 is 0 Å². The molecule has 1 amide bonds. The number of carbonyl (C=O) groups excluding carboxylic acids is 1. The molecule has 4 nitrogen and oxygen atoms in total. The Bertz CT molecular complexity index is 473. The van der Waals surface area contributed by atoms with E-state index in [1.54, 1.807) is 0 Å². The minimum Gasteiger partial charge on any atom is -0.354 e. The average Bonchev–Trinajstić information content (AvgIpc) is 2.65. The number of benzene rings is 1. The van der Waals surface area contributed by atoms with Gasteiger partial charge >= 0.3 is 0 Å². The second-order valence-corrected chi connectivity index (χ2v) is 7.57. The van der Waals surface area contributed by atoms with Crippen molar-refractivity contribution in [2.75, 3.05) is 57.8 Å². The summed E-state index contributed by atoms with van der Waals surface area (Å²) < 4.78 is 0. The van der Waals surface area contributed by atoms with Crippen LogP contribution in [0.25, 0.3) is 0 Å². The summed E-state index contributed by atoms with van der Waals surface area (Å²) in [7, 11) is 2.20. The highest BCUT2D eigenvalue weighted by Gasteiger charge is 2.09. The minimum atomic E-state index is 0.0847. The fourth-order valence-corrected chi connectivity index (χ4v) is 3.23. The number of rotatable bonds is 15. The lowest BCUT2D eigenvalue weighted by Crippen LogP contribution is -2.39. The van der Waals surface area contributed by atoms with Crippen LogP contribution >= 0.6 is 25.3 Å². The van der Waals surface area contributed by atoms with Gasteiger partial charge in [-0.25, -0.2) is 0 Å². The first kappa shape index (κ1) is 23.3. The summed E-state index contributed by atoms with van der Waals surface area (Å²) >= 11 is 8.42. The van der Waals surface area contributed by atoms with Gasteiger partial charge in [0.05, 0.1) is 6.54 Å². The third kappa shape index (κ3) is 11.8. The topological polar surface area (TPSA) is 35.6 Å². The van der Waals surface area contributed by atoms with E-state index in [1.165, 1.54) is 18.4 Å². The van der Waals surface area contributed by atoms with E-state index in [-0.39, 0.29) is 5.91 Å². The Balaban J connectivity index is 2.11. The van der Waals surface area contributed by atoms with Crippen molar-refractivity contribution in [3.8, 4) is 0 Å². The highest BCUT2D eigenvalue weighted by atomic mass is 32.1. The quantitative estimate of drug-likeness (QED) is 0.314. The smallest absolute Gasteiger partial charge is 0.234 e. The first-order chi connectivity index (χ1) is 12.7. The Hall–Kier alpha value is -0.690. The zero-order valence-corrected chi connectivity index (χ0v) is 17.9. The number of hydrogen-bond acceptors (Lipinski definition) is 5. The molecule has 0 atom stereocenters. The van der Waals surface area contributed by atoms with Crippen LogP contribution in [0.2, 0.25) is 0 Å². The second kappa shape index (κ2) is 15.4. The zero-order chi connectivity index (χ0) is 19.0. The molecule has 0 bridgehead atoms. The SMILES string of the molecule is CN(CCCCCN(CCS)CC(=O)NCCS)CCc1ccccc1. The van der Waals surface area contributed by atoms with Gasteiger partial charge in [0.25, 0.3) is 0 Å². The molecular formula is C20H35N3OS2. The molecule has 1 aromatic rings. The summed E-state index contributed by atoms with van der Waals surface area (Å²) in [6, 6.07) is 10.6. The van der Waals surface area contributed by atoms with Gasteiger partial charge in [0, 0.05) is 31.1 Å². The Labute approximate surface area is 170 Å². The van der Waals surface area contributed by atoms with Crippen LogP contribution in [0.15, 0.2) is 30.3 Å². The highest BCUT2D eigenvalue weighted by molar-refractivity contribution is 7.80. The maximum atomic E-state index is 11.8. The van der Waals surface area contributed by atoms with Gasteiger partial charge in [0.1, 0.15) is 0 Å². The molecule has 0 saturated heterocycles. The van der Waals surface area contributed by atoms with E-state index in [2.05, 4.69) is 77.8 Å².